The molecular weight excluding hydrogens is 323 g/mol. The van der Waals surface area contributed by atoms with E-state index in [1.165, 1.54) is 12.1 Å². The lowest BCUT2D eigenvalue weighted by molar-refractivity contribution is 0.0899. The predicted molar refractivity (Wildman–Crippen MR) is 92.6 cm³/mol. The molecule has 0 bridgehead atoms. The number of nitrogens with zero attached hydrogens (tertiary/aromatic N) is 2. The van der Waals surface area contributed by atoms with E-state index in [2.05, 4.69) is 5.16 Å². The largest absolute Gasteiger partial charge is 0.381 e. The highest BCUT2D eigenvalue weighted by molar-refractivity contribution is 5.99. The van der Waals surface area contributed by atoms with Crippen molar-refractivity contribution in [1.29, 1.82) is 5.41 Å². The molecule has 25 heavy (non-hydrogen) atoms. The van der Waals surface area contributed by atoms with Crippen LogP contribution in [0.5, 0.6) is 0 Å². The molecule has 1 saturated heterocycles. The lowest BCUT2D eigenvalue weighted by atomic mass is 9.86. The number of amidine groups is 1. The van der Waals surface area contributed by atoms with Crippen LogP contribution in [0.25, 0.3) is 0 Å². The van der Waals surface area contributed by atoms with E-state index < -0.39 is 0 Å². The summed E-state index contributed by atoms with van der Waals surface area (Å²) in [4.78, 5) is 14.8. The predicted octanol–water partition coefficient (Wildman–Crippen LogP) is 2.76. The Bertz CT molecular complexity index is 794. The molecule has 1 fully saturated rings. The second-order valence-corrected chi connectivity index (χ2v) is 6.24. The average molecular weight is 344 g/mol. The van der Waals surface area contributed by atoms with E-state index in [0.29, 0.717) is 43.7 Å². The molecule has 7 heteroatoms. The monoisotopic (exact) mass is 344 g/mol. The molecule has 0 spiro atoms. The average Bonchev–Trinajstić information content (AvgIpc) is 3.11. The van der Waals surface area contributed by atoms with E-state index in [9.17, 15) is 9.18 Å². The van der Waals surface area contributed by atoms with E-state index in [0.717, 1.165) is 5.56 Å². The molecule has 3 N–H and O–H groups in total. The van der Waals surface area contributed by atoms with Crippen LogP contribution in [0, 0.1) is 17.1 Å². The summed E-state index contributed by atoms with van der Waals surface area (Å²) in [5, 5.41) is 11.3. The number of hydrogen-bond acceptors (Lipinski definition) is 5. The lowest BCUT2D eigenvalue weighted by Gasteiger charge is -2.31. The fourth-order valence-electron chi connectivity index (χ4n) is 3.22. The Kier molecular flexibility index (Phi) is 4.83. The number of piperidine rings is 1. The number of nitrogen functional groups attached to an aromatic ring is 1. The molecule has 0 radical (unpaired) electrons. The number of ketones is 1. The maximum atomic E-state index is 13.6. The highest BCUT2D eigenvalue weighted by Crippen LogP contribution is 2.27. The van der Waals surface area contributed by atoms with Gasteiger partial charge < -0.3 is 15.2 Å². The van der Waals surface area contributed by atoms with Crippen LogP contribution in [0.15, 0.2) is 28.8 Å². The van der Waals surface area contributed by atoms with Crippen molar-refractivity contribution in [3.63, 3.8) is 0 Å². The Balaban J connectivity index is 1.68. The third-order valence-electron chi connectivity index (χ3n) is 4.67. The summed E-state index contributed by atoms with van der Waals surface area (Å²) < 4.78 is 18.6. The number of rotatable bonds is 5. The van der Waals surface area contributed by atoms with Crippen molar-refractivity contribution in [2.45, 2.75) is 26.2 Å². The molecule has 1 aliphatic rings. The minimum Gasteiger partial charge on any atom is -0.381 e. The quantitative estimate of drug-likeness (QED) is 0.494. The highest BCUT2D eigenvalue weighted by atomic mass is 19.1. The van der Waals surface area contributed by atoms with E-state index in [4.69, 9.17) is 15.7 Å². The number of hydrogen-bond donors (Lipinski definition) is 2. The van der Waals surface area contributed by atoms with Gasteiger partial charge in [-0.1, -0.05) is 18.1 Å². The number of benzene rings is 1. The SMILES string of the molecule is CCc1ccc(F)cc1C(=O)C1CCN(c2cc(C(=N)N)on2)CC1. The van der Waals surface area contributed by atoms with Gasteiger partial charge in [-0.2, -0.15) is 0 Å². The molecule has 0 saturated carbocycles. The maximum Gasteiger partial charge on any atom is 0.203 e. The molecule has 1 aliphatic heterocycles. The number of nitrogens with two attached hydrogens (primary N) is 1. The third-order valence-corrected chi connectivity index (χ3v) is 4.67. The molecule has 1 aromatic carbocycles. The normalized spacial score (nSPS) is 15.4. The van der Waals surface area contributed by atoms with Crippen LogP contribution in [-0.4, -0.2) is 29.9 Å². The van der Waals surface area contributed by atoms with Gasteiger partial charge in [-0.05, 0) is 37.0 Å². The van der Waals surface area contributed by atoms with Gasteiger partial charge in [0.1, 0.15) is 5.82 Å². The minimum atomic E-state index is -0.377. The highest BCUT2D eigenvalue weighted by Gasteiger charge is 2.28. The Labute approximate surface area is 145 Å². The molecule has 1 aromatic heterocycles. The standard InChI is InChI=1S/C18H21FN4O2/c1-2-11-3-4-13(19)9-14(11)17(24)12-5-7-23(8-6-12)16-10-15(18(20)21)25-22-16/h3-4,9-10,12H,2,5-8H2,1H3,(H3,20,21). The van der Waals surface area contributed by atoms with Crippen LogP contribution < -0.4 is 10.6 Å². The Morgan fingerprint density at radius 1 is 1.40 bits per heavy atom. The Morgan fingerprint density at radius 3 is 2.72 bits per heavy atom. The first-order chi connectivity index (χ1) is 12.0. The van der Waals surface area contributed by atoms with Crippen molar-refractivity contribution in [2.24, 2.45) is 11.7 Å². The van der Waals surface area contributed by atoms with Gasteiger partial charge in [0.15, 0.2) is 17.4 Å². The smallest absolute Gasteiger partial charge is 0.203 e. The van der Waals surface area contributed by atoms with Crippen molar-refractivity contribution >= 4 is 17.4 Å². The summed E-state index contributed by atoms with van der Waals surface area (Å²) >= 11 is 0. The van der Waals surface area contributed by atoms with Gasteiger partial charge in [0, 0.05) is 30.6 Å². The number of aromatic nitrogens is 1. The molecular formula is C18H21FN4O2. The Hall–Kier alpha value is -2.70. The van der Waals surface area contributed by atoms with Crippen molar-refractivity contribution in [1.82, 2.24) is 5.16 Å². The van der Waals surface area contributed by atoms with Gasteiger partial charge in [-0.25, -0.2) is 4.39 Å². The summed E-state index contributed by atoms with van der Waals surface area (Å²) in [6.07, 6.45) is 2.04. The second kappa shape index (κ2) is 7.04. The van der Waals surface area contributed by atoms with Crippen LogP contribution in [0.1, 0.15) is 41.4 Å². The van der Waals surface area contributed by atoms with Gasteiger partial charge in [0.2, 0.25) is 5.76 Å². The van der Waals surface area contributed by atoms with Gasteiger partial charge in [-0.3, -0.25) is 10.2 Å². The summed E-state index contributed by atoms with van der Waals surface area (Å²) in [6, 6.07) is 6.07. The van der Waals surface area contributed by atoms with Crippen molar-refractivity contribution in [3.05, 3.63) is 47.0 Å². The maximum absolute atomic E-state index is 13.6. The van der Waals surface area contributed by atoms with Gasteiger partial charge >= 0.3 is 0 Å². The van der Waals surface area contributed by atoms with Gasteiger partial charge in [0.05, 0.1) is 0 Å². The molecule has 3 rings (SSSR count). The summed E-state index contributed by atoms with van der Waals surface area (Å²) in [5.41, 5.74) is 6.76. The fraction of sp³-hybridized carbons (Fsp3) is 0.389. The number of Topliss-reactive ketones (excluding diaryl/α,β-unsaturated/α-hetero) is 1. The first-order valence-electron chi connectivity index (χ1n) is 8.38. The summed E-state index contributed by atoms with van der Waals surface area (Å²) in [5.74, 6) is 0.208. The van der Waals surface area contributed by atoms with Gasteiger partial charge in [0.25, 0.3) is 0 Å². The molecule has 132 valence electrons. The topological polar surface area (TPSA) is 96.2 Å². The van der Waals surface area contributed by atoms with E-state index in [1.807, 2.05) is 11.8 Å². The molecule has 0 amide bonds. The third kappa shape index (κ3) is 3.55. The number of anilines is 1. The van der Waals surface area contributed by atoms with Crippen LogP contribution >= 0.6 is 0 Å². The zero-order valence-electron chi connectivity index (χ0n) is 14.1. The number of carbonyl (C=O) groups excluding carboxylic acids is 1. The van der Waals surface area contributed by atoms with Gasteiger partial charge in [-0.15, -0.1) is 0 Å². The number of carbonyl (C=O) groups is 1. The first-order valence-corrected chi connectivity index (χ1v) is 8.38. The first kappa shape index (κ1) is 17.1. The number of aryl methyl sites for hydroxylation is 1. The second-order valence-electron chi connectivity index (χ2n) is 6.24. The van der Waals surface area contributed by atoms with Crippen molar-refractivity contribution in [3.8, 4) is 0 Å². The molecule has 6 nitrogen and oxygen atoms in total. The van der Waals surface area contributed by atoms with Crippen LogP contribution in [0.4, 0.5) is 10.2 Å². The number of halogens is 1. The molecule has 2 aromatic rings. The molecule has 0 atom stereocenters. The lowest BCUT2D eigenvalue weighted by Crippen LogP contribution is -2.36. The summed E-state index contributed by atoms with van der Waals surface area (Å²) in [7, 11) is 0. The van der Waals surface area contributed by atoms with Crippen LogP contribution in [-0.2, 0) is 6.42 Å². The molecule has 2 heterocycles. The van der Waals surface area contributed by atoms with Crippen molar-refractivity contribution < 1.29 is 13.7 Å². The van der Waals surface area contributed by atoms with Crippen LogP contribution in [0.3, 0.4) is 0 Å². The number of nitrogens with one attached hydrogen (secondary N) is 1. The van der Waals surface area contributed by atoms with E-state index in [-0.39, 0.29) is 29.1 Å². The van der Waals surface area contributed by atoms with E-state index >= 15 is 0 Å². The van der Waals surface area contributed by atoms with E-state index in [1.54, 1.807) is 12.1 Å². The molecule has 0 unspecified atom stereocenters. The summed E-state index contributed by atoms with van der Waals surface area (Å²) in [6.45, 7) is 3.26. The molecule has 0 aliphatic carbocycles. The van der Waals surface area contributed by atoms with Crippen LogP contribution in [0.2, 0.25) is 0 Å². The zero-order valence-corrected chi connectivity index (χ0v) is 14.1. The van der Waals surface area contributed by atoms with Crippen molar-refractivity contribution in [2.75, 3.05) is 18.0 Å². The minimum absolute atomic E-state index is 0.0144. The fourth-order valence-corrected chi connectivity index (χ4v) is 3.22. The Morgan fingerprint density at radius 2 is 2.12 bits per heavy atom. The zero-order chi connectivity index (χ0) is 18.0.